The van der Waals surface area contributed by atoms with Gasteiger partial charge in [-0.15, -0.1) is 0 Å². The average Bonchev–Trinajstić information content (AvgIpc) is 2.89. The van der Waals surface area contributed by atoms with Crippen molar-refractivity contribution in [2.24, 2.45) is 0 Å². The van der Waals surface area contributed by atoms with E-state index in [1.807, 2.05) is 0 Å². The Morgan fingerprint density at radius 2 is 1.80 bits per heavy atom. The SMILES string of the molecule is COC[C@H](C)NS(=O)(=O)c1ccc(NC(=O)c2cc(C)n(CC(F)(F)F)c2C)cc1. The van der Waals surface area contributed by atoms with E-state index in [0.717, 1.165) is 4.57 Å². The van der Waals surface area contributed by atoms with Crippen LogP contribution in [0.5, 0.6) is 0 Å². The monoisotopic (exact) mass is 447 g/mol. The highest BCUT2D eigenvalue weighted by Gasteiger charge is 2.30. The van der Waals surface area contributed by atoms with Crippen LogP contribution in [0.1, 0.15) is 28.7 Å². The van der Waals surface area contributed by atoms with Gasteiger partial charge in [-0.3, -0.25) is 4.79 Å². The molecule has 0 aliphatic rings. The molecule has 2 N–H and O–H groups in total. The summed E-state index contributed by atoms with van der Waals surface area (Å²) in [6.45, 7) is 3.62. The Morgan fingerprint density at radius 1 is 1.20 bits per heavy atom. The highest BCUT2D eigenvalue weighted by molar-refractivity contribution is 7.89. The lowest BCUT2D eigenvalue weighted by atomic mass is 10.2. The number of alkyl halides is 3. The first kappa shape index (κ1) is 23.9. The van der Waals surface area contributed by atoms with E-state index in [-0.39, 0.29) is 22.8 Å². The van der Waals surface area contributed by atoms with Crippen molar-refractivity contribution in [3.8, 4) is 0 Å². The van der Waals surface area contributed by atoms with Crippen molar-refractivity contribution in [1.29, 1.82) is 0 Å². The Hall–Kier alpha value is -2.37. The van der Waals surface area contributed by atoms with Crippen LogP contribution in [-0.4, -0.2) is 44.8 Å². The van der Waals surface area contributed by atoms with Gasteiger partial charge in [-0.05, 0) is 51.1 Å². The topological polar surface area (TPSA) is 89.4 Å². The van der Waals surface area contributed by atoms with Crippen LogP contribution in [-0.2, 0) is 21.3 Å². The number of hydrogen-bond acceptors (Lipinski definition) is 4. The van der Waals surface area contributed by atoms with Gasteiger partial charge in [0.05, 0.1) is 17.1 Å². The van der Waals surface area contributed by atoms with Crippen LogP contribution < -0.4 is 10.0 Å². The molecular weight excluding hydrogens is 423 g/mol. The predicted molar refractivity (Wildman–Crippen MR) is 106 cm³/mol. The van der Waals surface area contributed by atoms with E-state index in [0.29, 0.717) is 11.4 Å². The van der Waals surface area contributed by atoms with Gasteiger partial charge in [0.1, 0.15) is 6.54 Å². The van der Waals surface area contributed by atoms with E-state index in [9.17, 15) is 26.4 Å². The molecular formula is C19H24F3N3O4S. The lowest BCUT2D eigenvalue weighted by Gasteiger charge is -2.14. The molecule has 1 aromatic carbocycles. The largest absolute Gasteiger partial charge is 0.406 e. The number of nitrogens with zero attached hydrogens (tertiary/aromatic N) is 1. The minimum Gasteiger partial charge on any atom is -0.383 e. The molecule has 0 fully saturated rings. The first-order valence-electron chi connectivity index (χ1n) is 9.00. The molecule has 30 heavy (non-hydrogen) atoms. The first-order chi connectivity index (χ1) is 13.8. The quantitative estimate of drug-likeness (QED) is 0.650. The molecule has 0 unspecified atom stereocenters. The third-order valence-electron chi connectivity index (χ3n) is 4.35. The fourth-order valence-corrected chi connectivity index (χ4v) is 4.21. The first-order valence-corrected chi connectivity index (χ1v) is 10.5. The summed E-state index contributed by atoms with van der Waals surface area (Å²) in [7, 11) is -2.30. The highest BCUT2D eigenvalue weighted by atomic mass is 32.2. The summed E-state index contributed by atoms with van der Waals surface area (Å²) in [6, 6.07) is 6.42. The van der Waals surface area contributed by atoms with Crippen molar-refractivity contribution in [3.05, 3.63) is 47.3 Å². The molecule has 0 saturated carbocycles. The van der Waals surface area contributed by atoms with Crippen molar-refractivity contribution in [2.75, 3.05) is 19.0 Å². The highest BCUT2D eigenvalue weighted by Crippen LogP contribution is 2.24. The van der Waals surface area contributed by atoms with Gasteiger partial charge in [-0.2, -0.15) is 13.2 Å². The van der Waals surface area contributed by atoms with Crippen molar-refractivity contribution < 1.29 is 31.1 Å². The number of benzene rings is 1. The Balaban J connectivity index is 2.15. The van der Waals surface area contributed by atoms with Crippen LogP contribution in [0.15, 0.2) is 35.2 Å². The normalized spacial score (nSPS) is 13.3. The number of hydrogen-bond donors (Lipinski definition) is 2. The smallest absolute Gasteiger partial charge is 0.383 e. The van der Waals surface area contributed by atoms with E-state index >= 15 is 0 Å². The number of aromatic nitrogens is 1. The maximum absolute atomic E-state index is 12.7. The minimum absolute atomic E-state index is 0.00630. The Bertz CT molecular complexity index is 999. The van der Waals surface area contributed by atoms with Crippen LogP contribution >= 0.6 is 0 Å². The molecule has 0 spiro atoms. The number of halogens is 3. The Morgan fingerprint density at radius 3 is 2.33 bits per heavy atom. The number of amides is 1. The summed E-state index contributed by atoms with van der Waals surface area (Å²) in [5, 5.41) is 2.57. The number of methoxy groups -OCH3 is 1. The lowest BCUT2D eigenvalue weighted by Crippen LogP contribution is -2.35. The number of anilines is 1. The van der Waals surface area contributed by atoms with Crippen molar-refractivity contribution in [1.82, 2.24) is 9.29 Å². The fraction of sp³-hybridized carbons (Fsp3) is 0.421. The molecule has 1 aromatic heterocycles. The van der Waals surface area contributed by atoms with Crippen molar-refractivity contribution in [3.63, 3.8) is 0 Å². The minimum atomic E-state index is -4.40. The summed E-state index contributed by atoms with van der Waals surface area (Å²) in [5.74, 6) is -0.584. The molecule has 166 valence electrons. The van der Waals surface area contributed by atoms with Crippen LogP contribution in [0.2, 0.25) is 0 Å². The summed E-state index contributed by atoms with van der Waals surface area (Å²) in [4.78, 5) is 12.5. The molecule has 2 aromatic rings. The van der Waals surface area contributed by atoms with Crippen LogP contribution in [0, 0.1) is 13.8 Å². The van der Waals surface area contributed by atoms with E-state index in [4.69, 9.17) is 4.74 Å². The summed E-state index contributed by atoms with van der Waals surface area (Å²) >= 11 is 0. The van der Waals surface area contributed by atoms with Gasteiger partial charge in [0, 0.05) is 30.2 Å². The standard InChI is InChI=1S/C19H24F3N3O4S/c1-12(10-29-4)24-30(27,28)16-7-5-15(6-8-16)23-18(26)17-9-13(2)25(14(17)3)11-19(20,21)22/h5-9,12,24H,10-11H2,1-4H3,(H,23,26)/t12-/m0/s1. The molecule has 11 heteroatoms. The average molecular weight is 447 g/mol. The van der Waals surface area contributed by atoms with E-state index in [1.165, 1.54) is 51.3 Å². The zero-order valence-electron chi connectivity index (χ0n) is 17.0. The maximum atomic E-state index is 12.7. The summed E-state index contributed by atoms with van der Waals surface area (Å²) in [6.07, 6.45) is -4.40. The molecule has 0 radical (unpaired) electrons. The molecule has 0 bridgehead atoms. The van der Waals surface area contributed by atoms with E-state index in [2.05, 4.69) is 10.0 Å². The van der Waals surface area contributed by atoms with Gasteiger partial charge in [0.15, 0.2) is 0 Å². The second kappa shape index (κ2) is 9.19. The van der Waals surface area contributed by atoms with Gasteiger partial charge in [0.2, 0.25) is 10.0 Å². The third kappa shape index (κ3) is 6.07. The molecule has 2 rings (SSSR count). The van der Waals surface area contributed by atoms with E-state index < -0.39 is 34.7 Å². The van der Waals surface area contributed by atoms with Crippen LogP contribution in [0.3, 0.4) is 0 Å². The van der Waals surface area contributed by atoms with Crippen molar-refractivity contribution >= 4 is 21.6 Å². The Kier molecular flexibility index (Phi) is 7.32. The van der Waals surface area contributed by atoms with Crippen molar-refractivity contribution in [2.45, 2.75) is 44.4 Å². The number of sulfonamides is 1. The Labute approximate surface area is 173 Å². The van der Waals surface area contributed by atoms with Gasteiger partial charge in [-0.25, -0.2) is 13.1 Å². The fourth-order valence-electron chi connectivity index (χ4n) is 2.99. The van der Waals surface area contributed by atoms with Gasteiger partial charge in [-0.1, -0.05) is 0 Å². The van der Waals surface area contributed by atoms with Gasteiger partial charge < -0.3 is 14.6 Å². The molecule has 7 nitrogen and oxygen atoms in total. The number of nitrogens with one attached hydrogen (secondary N) is 2. The van der Waals surface area contributed by atoms with Gasteiger partial charge >= 0.3 is 6.18 Å². The second-order valence-corrected chi connectivity index (χ2v) is 8.66. The molecule has 0 aliphatic heterocycles. The zero-order chi connectivity index (χ0) is 22.7. The number of carbonyl (C=O) groups is 1. The number of aryl methyl sites for hydroxylation is 1. The second-order valence-electron chi connectivity index (χ2n) is 6.94. The number of rotatable bonds is 8. The van der Waals surface area contributed by atoms with Crippen LogP contribution in [0.4, 0.5) is 18.9 Å². The molecule has 1 atom stereocenters. The predicted octanol–water partition coefficient (Wildman–Crippen LogP) is 3.23. The summed E-state index contributed by atoms with van der Waals surface area (Å²) < 4.78 is 71.2. The number of carbonyl (C=O) groups excluding carboxylic acids is 1. The third-order valence-corrected chi connectivity index (χ3v) is 5.96. The number of ether oxygens (including phenoxy) is 1. The molecule has 0 saturated heterocycles. The molecule has 0 aliphatic carbocycles. The molecule has 1 amide bonds. The zero-order valence-corrected chi connectivity index (χ0v) is 17.8. The lowest BCUT2D eigenvalue weighted by molar-refractivity contribution is -0.141. The summed E-state index contributed by atoms with van der Waals surface area (Å²) in [5.41, 5.74) is 0.929. The maximum Gasteiger partial charge on any atom is 0.406 e. The van der Waals surface area contributed by atoms with Crippen LogP contribution in [0.25, 0.3) is 0 Å². The van der Waals surface area contributed by atoms with Gasteiger partial charge in [0.25, 0.3) is 5.91 Å². The molecule has 1 heterocycles. The van der Waals surface area contributed by atoms with E-state index in [1.54, 1.807) is 6.92 Å².